The van der Waals surface area contributed by atoms with Gasteiger partial charge in [0.15, 0.2) is 5.78 Å². The summed E-state index contributed by atoms with van der Waals surface area (Å²) in [5, 5.41) is 2.72. The Bertz CT molecular complexity index is 1060. The maximum Gasteiger partial charge on any atom is 0.222 e. The van der Waals surface area contributed by atoms with Crippen LogP contribution in [-0.2, 0) is 17.6 Å². The number of fused-ring (bicyclic) bond motifs is 1. The summed E-state index contributed by atoms with van der Waals surface area (Å²) in [6, 6.07) is 13.8. The number of carbonyl (C=O) groups excluding carboxylic acids is 2. The summed E-state index contributed by atoms with van der Waals surface area (Å²) < 4.78 is 0. The highest BCUT2D eigenvalue weighted by Gasteiger charge is 2.31. The molecule has 0 radical (unpaired) electrons. The third-order valence-electron chi connectivity index (χ3n) is 5.34. The van der Waals surface area contributed by atoms with Gasteiger partial charge in [-0.15, -0.1) is 0 Å². The smallest absolute Gasteiger partial charge is 0.222 e. The van der Waals surface area contributed by atoms with E-state index in [4.69, 9.17) is 5.73 Å². The van der Waals surface area contributed by atoms with Crippen LogP contribution >= 0.6 is 0 Å². The topological polar surface area (TPSA) is 101 Å². The van der Waals surface area contributed by atoms with Gasteiger partial charge in [0.2, 0.25) is 5.91 Å². The van der Waals surface area contributed by atoms with Crippen LogP contribution in [0.5, 0.6) is 0 Å². The maximum atomic E-state index is 13.0. The summed E-state index contributed by atoms with van der Waals surface area (Å²) in [4.78, 5) is 32.1. The molecule has 1 aliphatic carbocycles. The number of ketones is 1. The molecule has 0 saturated carbocycles. The second-order valence-electron chi connectivity index (χ2n) is 7.54. The maximum absolute atomic E-state index is 13.0. The molecule has 0 saturated heterocycles. The van der Waals surface area contributed by atoms with Crippen LogP contribution in [0.2, 0.25) is 0 Å². The average molecular weight is 388 g/mol. The number of nitrogens with two attached hydrogens (primary N) is 1. The Morgan fingerprint density at radius 1 is 1.24 bits per heavy atom. The molecule has 3 aromatic rings. The lowest BCUT2D eigenvalue weighted by molar-refractivity contribution is -0.114. The molecular weight excluding hydrogens is 364 g/mol. The summed E-state index contributed by atoms with van der Waals surface area (Å²) in [6.45, 7) is 1.95. The molecule has 0 bridgehead atoms. The zero-order valence-electron chi connectivity index (χ0n) is 16.4. The number of hydrogen-bond donors (Lipinski definition) is 3. The standard InChI is InChI=1S/C23H24N4O2/c1-14(28)26-21-12-17(7-8-25-21)23-18(9-15-5-3-2-4-6-15)22-19(27-23)10-16(13-24)11-20(22)29/h2-8,12,16,27H,9-11,13,24H2,1H3,(H,25,26,28). The van der Waals surface area contributed by atoms with E-state index in [2.05, 4.69) is 27.4 Å². The van der Waals surface area contributed by atoms with Crippen molar-refractivity contribution in [2.45, 2.75) is 26.2 Å². The normalized spacial score (nSPS) is 15.8. The molecule has 1 aromatic carbocycles. The van der Waals surface area contributed by atoms with Crippen LogP contribution in [0.1, 0.15) is 40.5 Å². The average Bonchev–Trinajstić information content (AvgIpc) is 3.07. The van der Waals surface area contributed by atoms with Gasteiger partial charge in [-0.3, -0.25) is 9.59 Å². The predicted molar refractivity (Wildman–Crippen MR) is 113 cm³/mol. The van der Waals surface area contributed by atoms with Gasteiger partial charge in [-0.05, 0) is 42.1 Å². The summed E-state index contributed by atoms with van der Waals surface area (Å²) in [5.41, 5.74) is 11.5. The molecule has 0 aliphatic heterocycles. The number of carbonyl (C=O) groups is 2. The summed E-state index contributed by atoms with van der Waals surface area (Å²) in [6.07, 6.45) is 3.56. The van der Waals surface area contributed by atoms with Crippen LogP contribution in [0.25, 0.3) is 11.3 Å². The lowest BCUT2D eigenvalue weighted by Gasteiger charge is -2.20. The Hall–Kier alpha value is -3.25. The highest BCUT2D eigenvalue weighted by Crippen LogP contribution is 2.36. The molecule has 1 atom stereocenters. The fourth-order valence-electron chi connectivity index (χ4n) is 4.04. The lowest BCUT2D eigenvalue weighted by Crippen LogP contribution is -2.26. The van der Waals surface area contributed by atoms with Gasteiger partial charge in [-0.25, -0.2) is 4.98 Å². The molecule has 2 aromatic heterocycles. The minimum Gasteiger partial charge on any atom is -0.358 e. The third-order valence-corrected chi connectivity index (χ3v) is 5.34. The number of nitrogens with one attached hydrogen (secondary N) is 2. The minimum atomic E-state index is -0.175. The van der Waals surface area contributed by atoms with Gasteiger partial charge in [0.05, 0.1) is 5.69 Å². The number of aromatic amines is 1. The molecule has 6 heteroatoms. The molecule has 1 amide bonds. The van der Waals surface area contributed by atoms with E-state index in [1.807, 2.05) is 30.3 Å². The summed E-state index contributed by atoms with van der Waals surface area (Å²) in [5.74, 6) is 0.620. The molecule has 0 fully saturated rings. The molecule has 29 heavy (non-hydrogen) atoms. The van der Waals surface area contributed by atoms with Crippen molar-refractivity contribution in [2.24, 2.45) is 11.7 Å². The first-order valence-corrected chi connectivity index (χ1v) is 9.80. The fourth-order valence-corrected chi connectivity index (χ4v) is 4.04. The second kappa shape index (κ2) is 8.01. The van der Waals surface area contributed by atoms with Gasteiger partial charge in [0.1, 0.15) is 5.82 Å². The zero-order chi connectivity index (χ0) is 20.4. The van der Waals surface area contributed by atoms with Crippen LogP contribution in [0.15, 0.2) is 48.7 Å². The lowest BCUT2D eigenvalue weighted by atomic mass is 9.84. The van der Waals surface area contributed by atoms with Gasteiger partial charge >= 0.3 is 0 Å². The number of hydrogen-bond acceptors (Lipinski definition) is 4. The van der Waals surface area contributed by atoms with E-state index in [-0.39, 0.29) is 17.6 Å². The minimum absolute atomic E-state index is 0.145. The number of H-pyrrole nitrogens is 1. The van der Waals surface area contributed by atoms with Crippen molar-refractivity contribution in [3.63, 3.8) is 0 Å². The van der Waals surface area contributed by atoms with Gasteiger partial charge < -0.3 is 16.0 Å². The third kappa shape index (κ3) is 3.98. The molecule has 0 spiro atoms. The molecule has 1 aliphatic rings. The molecule has 4 N–H and O–H groups in total. The van der Waals surface area contributed by atoms with Crippen LogP contribution in [0.3, 0.4) is 0 Å². The van der Waals surface area contributed by atoms with E-state index < -0.39 is 0 Å². The first-order chi connectivity index (χ1) is 14.0. The number of pyridine rings is 1. The number of nitrogens with zero attached hydrogens (tertiary/aromatic N) is 1. The van der Waals surface area contributed by atoms with E-state index in [1.165, 1.54) is 6.92 Å². The Labute approximate surface area is 169 Å². The number of anilines is 1. The van der Waals surface area contributed by atoms with Gasteiger partial charge in [-0.1, -0.05) is 30.3 Å². The van der Waals surface area contributed by atoms with Crippen LogP contribution in [-0.4, -0.2) is 28.2 Å². The summed E-state index contributed by atoms with van der Waals surface area (Å²) in [7, 11) is 0. The van der Waals surface area contributed by atoms with E-state index in [0.717, 1.165) is 40.1 Å². The van der Waals surface area contributed by atoms with Crippen LogP contribution in [0, 0.1) is 5.92 Å². The monoisotopic (exact) mass is 388 g/mol. The molecule has 6 nitrogen and oxygen atoms in total. The van der Waals surface area contributed by atoms with Gasteiger partial charge in [-0.2, -0.15) is 0 Å². The Morgan fingerprint density at radius 3 is 2.76 bits per heavy atom. The van der Waals surface area contributed by atoms with E-state index in [1.54, 1.807) is 6.20 Å². The van der Waals surface area contributed by atoms with Crippen molar-refractivity contribution in [1.82, 2.24) is 9.97 Å². The first kappa shape index (κ1) is 19.1. The van der Waals surface area contributed by atoms with Crippen LogP contribution in [0.4, 0.5) is 5.82 Å². The number of aromatic nitrogens is 2. The van der Waals surface area contributed by atoms with E-state index >= 15 is 0 Å². The zero-order valence-corrected chi connectivity index (χ0v) is 16.4. The van der Waals surface area contributed by atoms with E-state index in [9.17, 15) is 9.59 Å². The summed E-state index contributed by atoms with van der Waals surface area (Å²) >= 11 is 0. The number of benzene rings is 1. The highest BCUT2D eigenvalue weighted by molar-refractivity contribution is 6.02. The largest absolute Gasteiger partial charge is 0.358 e. The van der Waals surface area contributed by atoms with Gasteiger partial charge in [0.25, 0.3) is 0 Å². The van der Waals surface area contributed by atoms with Crippen molar-refractivity contribution < 1.29 is 9.59 Å². The number of rotatable bonds is 5. The van der Waals surface area contributed by atoms with Crippen molar-refractivity contribution in [3.8, 4) is 11.3 Å². The quantitative estimate of drug-likeness (QED) is 0.624. The van der Waals surface area contributed by atoms with Crippen LogP contribution < -0.4 is 11.1 Å². The van der Waals surface area contributed by atoms with Gasteiger partial charge in [0, 0.05) is 42.8 Å². The van der Waals surface area contributed by atoms with Crippen molar-refractivity contribution in [3.05, 3.63) is 71.0 Å². The number of Topliss-reactive ketones (excluding diaryl/α,β-unsaturated/α-hetero) is 1. The van der Waals surface area contributed by atoms with Crippen molar-refractivity contribution in [1.29, 1.82) is 0 Å². The molecule has 4 rings (SSSR count). The Kier molecular flexibility index (Phi) is 5.27. The molecular formula is C23H24N4O2. The second-order valence-corrected chi connectivity index (χ2v) is 7.54. The fraction of sp³-hybridized carbons (Fsp3) is 0.261. The van der Waals surface area contributed by atoms with Crippen molar-refractivity contribution in [2.75, 3.05) is 11.9 Å². The SMILES string of the molecule is CC(=O)Nc1cc(-c2[nH]c3c(c2Cc2ccccc2)C(=O)CC(CN)C3)ccn1. The first-order valence-electron chi connectivity index (χ1n) is 9.80. The van der Waals surface area contributed by atoms with Crippen molar-refractivity contribution >= 4 is 17.5 Å². The Balaban J connectivity index is 1.83. The highest BCUT2D eigenvalue weighted by atomic mass is 16.1. The molecule has 2 heterocycles. The molecule has 1 unspecified atom stereocenters. The van der Waals surface area contributed by atoms with E-state index in [0.29, 0.717) is 25.2 Å². The molecule has 148 valence electrons. The number of amides is 1. The Morgan fingerprint density at radius 2 is 2.03 bits per heavy atom. The predicted octanol–water partition coefficient (Wildman–Crippen LogP) is 3.33.